The average Bonchev–Trinajstić information content (AvgIpc) is 2.60. The molecular formula is C18H18F3N3O2S. The van der Waals surface area contributed by atoms with Crippen molar-refractivity contribution < 1.29 is 22.8 Å². The number of hydrogen-bond donors (Lipinski definition) is 3. The van der Waals surface area contributed by atoms with E-state index in [9.17, 15) is 22.8 Å². The number of anilines is 2. The monoisotopic (exact) mass is 397 g/mol. The van der Waals surface area contributed by atoms with E-state index in [4.69, 9.17) is 5.73 Å². The molecule has 0 saturated carbocycles. The van der Waals surface area contributed by atoms with Gasteiger partial charge in [0.1, 0.15) is 6.04 Å². The third-order valence-corrected chi connectivity index (χ3v) is 4.60. The summed E-state index contributed by atoms with van der Waals surface area (Å²) >= 11 is 1.24. The SMILES string of the molecule is C[C@H](Nc1ccccc1SCC(N)=O)C(=O)Nc1ccc(C(F)(F)F)cc1. The minimum absolute atomic E-state index is 0.102. The van der Waals surface area contributed by atoms with Gasteiger partial charge in [0.05, 0.1) is 11.3 Å². The van der Waals surface area contributed by atoms with Gasteiger partial charge in [0, 0.05) is 16.3 Å². The second kappa shape index (κ2) is 8.81. The van der Waals surface area contributed by atoms with Gasteiger partial charge in [0.15, 0.2) is 0 Å². The van der Waals surface area contributed by atoms with E-state index in [2.05, 4.69) is 10.6 Å². The molecule has 0 fully saturated rings. The van der Waals surface area contributed by atoms with Crippen molar-refractivity contribution in [1.82, 2.24) is 0 Å². The normalized spacial score (nSPS) is 12.3. The van der Waals surface area contributed by atoms with Crippen LogP contribution in [0.25, 0.3) is 0 Å². The Hall–Kier alpha value is -2.68. The number of primary amides is 1. The summed E-state index contributed by atoms with van der Waals surface area (Å²) in [5.41, 5.74) is 5.28. The number of nitrogens with two attached hydrogens (primary N) is 1. The molecule has 5 nitrogen and oxygen atoms in total. The molecule has 0 spiro atoms. The first-order chi connectivity index (χ1) is 12.7. The van der Waals surface area contributed by atoms with E-state index >= 15 is 0 Å². The lowest BCUT2D eigenvalue weighted by molar-refractivity contribution is -0.137. The molecule has 0 radical (unpaired) electrons. The van der Waals surface area contributed by atoms with Crippen LogP contribution in [-0.2, 0) is 15.8 Å². The first-order valence-corrected chi connectivity index (χ1v) is 8.90. The number of carbonyl (C=O) groups excluding carboxylic acids is 2. The lowest BCUT2D eigenvalue weighted by Gasteiger charge is -2.18. The van der Waals surface area contributed by atoms with Gasteiger partial charge in [-0.05, 0) is 43.3 Å². The Labute approximate surface area is 158 Å². The van der Waals surface area contributed by atoms with Gasteiger partial charge in [-0.25, -0.2) is 0 Å². The molecule has 4 N–H and O–H groups in total. The Balaban J connectivity index is 2.01. The Morgan fingerprint density at radius 1 is 1.11 bits per heavy atom. The van der Waals surface area contributed by atoms with Crippen LogP contribution in [0.15, 0.2) is 53.4 Å². The fourth-order valence-electron chi connectivity index (χ4n) is 2.15. The van der Waals surface area contributed by atoms with Gasteiger partial charge in [-0.3, -0.25) is 9.59 Å². The molecule has 144 valence electrons. The van der Waals surface area contributed by atoms with Crippen LogP contribution in [0.3, 0.4) is 0 Å². The molecule has 2 rings (SSSR count). The zero-order valence-electron chi connectivity index (χ0n) is 14.3. The number of hydrogen-bond acceptors (Lipinski definition) is 4. The molecule has 0 heterocycles. The highest BCUT2D eigenvalue weighted by Gasteiger charge is 2.30. The fraction of sp³-hybridized carbons (Fsp3) is 0.222. The van der Waals surface area contributed by atoms with Gasteiger partial charge in [-0.1, -0.05) is 12.1 Å². The highest BCUT2D eigenvalue weighted by Crippen LogP contribution is 2.30. The van der Waals surface area contributed by atoms with Crippen LogP contribution in [0.4, 0.5) is 24.5 Å². The molecule has 0 saturated heterocycles. The minimum atomic E-state index is -4.43. The van der Waals surface area contributed by atoms with Crippen LogP contribution in [-0.4, -0.2) is 23.6 Å². The van der Waals surface area contributed by atoms with Crippen molar-refractivity contribution in [1.29, 1.82) is 0 Å². The molecule has 2 amide bonds. The van der Waals surface area contributed by atoms with Crippen molar-refractivity contribution in [3.63, 3.8) is 0 Å². The number of thioether (sulfide) groups is 1. The first-order valence-electron chi connectivity index (χ1n) is 7.91. The van der Waals surface area contributed by atoms with Gasteiger partial charge in [-0.2, -0.15) is 13.2 Å². The molecule has 9 heteroatoms. The van der Waals surface area contributed by atoms with Crippen molar-refractivity contribution in [2.45, 2.75) is 24.0 Å². The van der Waals surface area contributed by atoms with E-state index in [0.29, 0.717) is 5.69 Å². The van der Waals surface area contributed by atoms with Crippen LogP contribution >= 0.6 is 11.8 Å². The van der Waals surface area contributed by atoms with E-state index in [1.54, 1.807) is 31.2 Å². The van der Waals surface area contributed by atoms with Crippen molar-refractivity contribution in [3.05, 3.63) is 54.1 Å². The highest BCUT2D eigenvalue weighted by molar-refractivity contribution is 8.00. The van der Waals surface area contributed by atoms with Crippen LogP contribution in [0, 0.1) is 0 Å². The van der Waals surface area contributed by atoms with Gasteiger partial charge >= 0.3 is 6.18 Å². The molecule has 0 aliphatic heterocycles. The van der Waals surface area contributed by atoms with E-state index in [1.165, 1.54) is 23.9 Å². The van der Waals surface area contributed by atoms with Gasteiger partial charge < -0.3 is 16.4 Å². The van der Waals surface area contributed by atoms with Crippen LogP contribution < -0.4 is 16.4 Å². The standard InChI is InChI=1S/C18H18F3N3O2S/c1-11(23-14-4-2-3-5-15(14)27-10-16(22)25)17(26)24-13-8-6-12(7-9-13)18(19,20)21/h2-9,11,23H,10H2,1H3,(H2,22,25)(H,24,26)/t11-/m0/s1. The van der Waals surface area contributed by atoms with E-state index < -0.39 is 29.6 Å². The van der Waals surface area contributed by atoms with E-state index in [0.717, 1.165) is 17.0 Å². The number of alkyl halides is 3. The summed E-state index contributed by atoms with van der Waals surface area (Å²) in [6, 6.07) is 10.7. The molecular weight excluding hydrogens is 379 g/mol. The Kier molecular flexibility index (Phi) is 6.73. The summed E-state index contributed by atoms with van der Waals surface area (Å²) in [6.07, 6.45) is -4.43. The minimum Gasteiger partial charge on any atom is -0.373 e. The number of para-hydroxylation sites is 1. The zero-order chi connectivity index (χ0) is 20.0. The molecule has 0 aliphatic carbocycles. The summed E-state index contributed by atoms with van der Waals surface area (Å²) in [5, 5.41) is 5.59. The van der Waals surface area contributed by atoms with Gasteiger partial charge in [-0.15, -0.1) is 11.8 Å². The molecule has 27 heavy (non-hydrogen) atoms. The quantitative estimate of drug-likeness (QED) is 0.622. The van der Waals surface area contributed by atoms with Crippen molar-refractivity contribution in [2.75, 3.05) is 16.4 Å². The van der Waals surface area contributed by atoms with Crippen LogP contribution in [0.5, 0.6) is 0 Å². The number of carbonyl (C=O) groups is 2. The van der Waals surface area contributed by atoms with Crippen LogP contribution in [0.2, 0.25) is 0 Å². The molecule has 2 aromatic rings. The molecule has 1 atom stereocenters. The topological polar surface area (TPSA) is 84.2 Å². The molecule has 0 bridgehead atoms. The third-order valence-electron chi connectivity index (χ3n) is 3.50. The first kappa shape index (κ1) is 20.6. The number of rotatable bonds is 7. The summed E-state index contributed by atoms with van der Waals surface area (Å²) in [5.74, 6) is -0.766. The van der Waals surface area contributed by atoms with Crippen molar-refractivity contribution in [3.8, 4) is 0 Å². The smallest absolute Gasteiger partial charge is 0.373 e. The number of amides is 2. The van der Waals surface area contributed by atoms with Crippen molar-refractivity contribution in [2.24, 2.45) is 5.73 Å². The average molecular weight is 397 g/mol. The van der Waals surface area contributed by atoms with Crippen LogP contribution in [0.1, 0.15) is 12.5 Å². The Morgan fingerprint density at radius 3 is 2.33 bits per heavy atom. The van der Waals surface area contributed by atoms with Crippen molar-refractivity contribution >= 4 is 35.0 Å². The number of nitrogens with one attached hydrogen (secondary N) is 2. The number of benzene rings is 2. The lowest BCUT2D eigenvalue weighted by Crippen LogP contribution is -2.32. The summed E-state index contributed by atoms with van der Waals surface area (Å²) in [4.78, 5) is 24.0. The summed E-state index contributed by atoms with van der Waals surface area (Å²) < 4.78 is 37.7. The molecule has 0 aliphatic rings. The predicted octanol–water partition coefficient (Wildman–Crippen LogP) is 3.72. The second-order valence-corrected chi connectivity index (χ2v) is 6.70. The fourth-order valence-corrected chi connectivity index (χ4v) is 2.91. The maximum Gasteiger partial charge on any atom is 0.416 e. The maximum absolute atomic E-state index is 12.6. The largest absolute Gasteiger partial charge is 0.416 e. The highest BCUT2D eigenvalue weighted by atomic mass is 32.2. The molecule has 0 unspecified atom stereocenters. The van der Waals surface area contributed by atoms with E-state index in [-0.39, 0.29) is 11.4 Å². The predicted molar refractivity (Wildman–Crippen MR) is 99.5 cm³/mol. The zero-order valence-corrected chi connectivity index (χ0v) is 15.2. The van der Waals surface area contributed by atoms with E-state index in [1.807, 2.05) is 0 Å². The Bertz CT molecular complexity index is 810. The van der Waals surface area contributed by atoms with Gasteiger partial charge in [0.2, 0.25) is 11.8 Å². The maximum atomic E-state index is 12.6. The summed E-state index contributed by atoms with van der Waals surface area (Å²) in [6.45, 7) is 1.62. The summed E-state index contributed by atoms with van der Waals surface area (Å²) in [7, 11) is 0. The lowest BCUT2D eigenvalue weighted by atomic mass is 10.2. The third kappa shape index (κ3) is 6.21. The van der Waals surface area contributed by atoms with Gasteiger partial charge in [0.25, 0.3) is 0 Å². The number of halogens is 3. The molecule has 2 aromatic carbocycles. The second-order valence-electron chi connectivity index (χ2n) is 5.68. The molecule has 0 aromatic heterocycles. The Morgan fingerprint density at radius 2 is 1.74 bits per heavy atom.